The van der Waals surface area contributed by atoms with Crippen LogP contribution in [0.15, 0.2) is 29.2 Å². The van der Waals surface area contributed by atoms with Crippen LogP contribution in [0.2, 0.25) is 5.02 Å². The van der Waals surface area contributed by atoms with Crippen molar-refractivity contribution in [2.45, 2.75) is 13.3 Å². The van der Waals surface area contributed by atoms with Gasteiger partial charge in [0.05, 0.1) is 18.0 Å². The fraction of sp³-hybridized carbons (Fsp3) is 0.429. The van der Waals surface area contributed by atoms with Gasteiger partial charge in [0.1, 0.15) is 0 Å². The van der Waals surface area contributed by atoms with E-state index in [1.54, 1.807) is 49.3 Å². The number of nitrogens with one attached hydrogen (secondary N) is 1. The Hall–Kier alpha value is -2.36. The number of halogens is 1. The highest BCUT2D eigenvalue weighted by atomic mass is 35.5. The van der Waals surface area contributed by atoms with Crippen molar-refractivity contribution in [1.82, 2.24) is 20.0 Å². The van der Waals surface area contributed by atoms with E-state index in [4.69, 9.17) is 11.6 Å². The molecule has 1 N–H and O–H groups in total. The lowest BCUT2D eigenvalue weighted by Gasteiger charge is -2.22. The number of carbonyl (C=O) groups is 4. The summed E-state index contributed by atoms with van der Waals surface area (Å²) in [5, 5.41) is 2.82. The summed E-state index contributed by atoms with van der Waals surface area (Å²) in [6.07, 6.45) is 2.40. The second-order valence-corrected chi connectivity index (χ2v) is 8.60. The molecule has 1 aromatic carbocycles. The Bertz CT molecular complexity index is 875. The molecule has 4 amide bonds. The van der Waals surface area contributed by atoms with Crippen molar-refractivity contribution in [3.8, 4) is 0 Å². The third-order valence-corrected chi connectivity index (χ3v) is 5.74. The molecule has 10 heteroatoms. The highest BCUT2D eigenvalue weighted by Crippen LogP contribution is 2.33. The standard InChI is InChI=1S/C21H27ClN4O4S/c1-4-10-25(14-19(28)24(2)3)13-18(27)23-9-11-26-20(29)17(31-21(26)30)12-15-7-5-6-8-16(15)22/h5-8,12H,4,9-11,13-14H2,1-3H3,(H,23,27)/b17-12-. The molecule has 1 saturated heterocycles. The van der Waals surface area contributed by atoms with Gasteiger partial charge in [-0.3, -0.25) is 29.0 Å². The molecule has 0 unspecified atom stereocenters. The summed E-state index contributed by atoms with van der Waals surface area (Å²) in [5.41, 5.74) is 0.659. The minimum Gasteiger partial charge on any atom is -0.353 e. The average molecular weight is 467 g/mol. The van der Waals surface area contributed by atoms with E-state index in [-0.39, 0.29) is 43.2 Å². The van der Waals surface area contributed by atoms with Crippen molar-refractivity contribution in [3.63, 3.8) is 0 Å². The van der Waals surface area contributed by atoms with Gasteiger partial charge < -0.3 is 10.2 Å². The van der Waals surface area contributed by atoms with Gasteiger partial charge in [-0.25, -0.2) is 0 Å². The first-order chi connectivity index (χ1) is 14.7. The van der Waals surface area contributed by atoms with Gasteiger partial charge in [0.25, 0.3) is 11.1 Å². The number of hydrogen-bond donors (Lipinski definition) is 1. The van der Waals surface area contributed by atoms with E-state index in [2.05, 4.69) is 5.32 Å². The lowest BCUT2D eigenvalue weighted by atomic mass is 10.2. The van der Waals surface area contributed by atoms with Crippen LogP contribution in [0.4, 0.5) is 4.79 Å². The molecule has 1 heterocycles. The van der Waals surface area contributed by atoms with Crippen LogP contribution in [0.25, 0.3) is 6.08 Å². The highest BCUT2D eigenvalue weighted by molar-refractivity contribution is 8.18. The minimum absolute atomic E-state index is 0.0701. The molecule has 31 heavy (non-hydrogen) atoms. The fourth-order valence-electron chi connectivity index (χ4n) is 2.86. The summed E-state index contributed by atoms with van der Waals surface area (Å²) in [6.45, 7) is 3.02. The Kier molecular flexibility index (Phi) is 9.54. The molecule has 1 aliphatic heterocycles. The van der Waals surface area contributed by atoms with E-state index in [0.29, 0.717) is 22.0 Å². The molecule has 0 aromatic heterocycles. The van der Waals surface area contributed by atoms with Gasteiger partial charge >= 0.3 is 0 Å². The normalized spacial score (nSPS) is 15.1. The molecule has 168 valence electrons. The first kappa shape index (κ1) is 24.9. The molecule has 8 nitrogen and oxygen atoms in total. The van der Waals surface area contributed by atoms with Gasteiger partial charge in [-0.1, -0.05) is 36.7 Å². The number of rotatable bonds is 10. The van der Waals surface area contributed by atoms with Crippen LogP contribution in [0, 0.1) is 0 Å². The summed E-state index contributed by atoms with van der Waals surface area (Å²) in [5.74, 6) is -0.753. The summed E-state index contributed by atoms with van der Waals surface area (Å²) in [4.78, 5) is 53.6. The number of nitrogens with zero attached hydrogens (tertiary/aromatic N) is 3. The number of benzene rings is 1. The lowest BCUT2D eigenvalue weighted by Crippen LogP contribution is -2.44. The van der Waals surface area contributed by atoms with Crippen LogP contribution in [0.1, 0.15) is 18.9 Å². The first-order valence-corrected chi connectivity index (χ1v) is 11.1. The first-order valence-electron chi connectivity index (χ1n) is 9.92. The third-order valence-electron chi connectivity index (χ3n) is 4.49. The van der Waals surface area contributed by atoms with E-state index in [1.165, 1.54) is 4.90 Å². The van der Waals surface area contributed by atoms with Crippen LogP contribution < -0.4 is 5.32 Å². The van der Waals surface area contributed by atoms with Crippen molar-refractivity contribution < 1.29 is 19.2 Å². The van der Waals surface area contributed by atoms with E-state index >= 15 is 0 Å². The van der Waals surface area contributed by atoms with Crippen molar-refractivity contribution >= 4 is 52.4 Å². The third kappa shape index (κ3) is 7.37. The number of hydrogen-bond acceptors (Lipinski definition) is 6. The second kappa shape index (κ2) is 11.9. The average Bonchev–Trinajstić information content (AvgIpc) is 2.97. The number of likely N-dealkylation sites (N-methyl/N-ethyl adjacent to an activating group) is 1. The zero-order chi connectivity index (χ0) is 23.0. The van der Waals surface area contributed by atoms with Crippen molar-refractivity contribution in [2.24, 2.45) is 0 Å². The Morgan fingerprint density at radius 2 is 1.90 bits per heavy atom. The van der Waals surface area contributed by atoms with E-state index in [9.17, 15) is 19.2 Å². The molecule has 2 rings (SSSR count). The molecular formula is C21H27ClN4O4S. The van der Waals surface area contributed by atoms with Crippen LogP contribution in [-0.2, 0) is 14.4 Å². The maximum atomic E-state index is 12.6. The molecule has 0 saturated carbocycles. The smallest absolute Gasteiger partial charge is 0.293 e. The molecule has 1 aromatic rings. The number of carbonyl (C=O) groups excluding carboxylic acids is 4. The van der Waals surface area contributed by atoms with Gasteiger partial charge in [0, 0.05) is 32.2 Å². The largest absolute Gasteiger partial charge is 0.353 e. The minimum atomic E-state index is -0.409. The number of thioether (sulfide) groups is 1. The van der Waals surface area contributed by atoms with Gasteiger partial charge in [0.15, 0.2) is 0 Å². The molecule has 1 aliphatic rings. The van der Waals surface area contributed by atoms with Crippen molar-refractivity contribution in [3.05, 3.63) is 39.8 Å². The Morgan fingerprint density at radius 3 is 2.55 bits per heavy atom. The number of amides is 4. The summed E-state index contributed by atoms with van der Waals surface area (Å²) >= 11 is 6.96. The van der Waals surface area contributed by atoms with Gasteiger partial charge in [-0.2, -0.15) is 0 Å². The molecule has 0 spiro atoms. The Labute approximate surface area is 191 Å². The quantitative estimate of drug-likeness (QED) is 0.532. The predicted molar refractivity (Wildman–Crippen MR) is 123 cm³/mol. The summed E-state index contributed by atoms with van der Waals surface area (Å²) in [6, 6.07) is 7.05. The Morgan fingerprint density at radius 1 is 1.19 bits per heavy atom. The van der Waals surface area contributed by atoms with Gasteiger partial charge in [-0.15, -0.1) is 0 Å². The molecular weight excluding hydrogens is 440 g/mol. The van der Waals surface area contributed by atoms with Gasteiger partial charge in [-0.05, 0) is 42.4 Å². The summed E-state index contributed by atoms with van der Waals surface area (Å²) < 4.78 is 0. The maximum absolute atomic E-state index is 12.6. The molecule has 0 bridgehead atoms. The number of imide groups is 1. The van der Waals surface area contributed by atoms with Crippen LogP contribution in [-0.4, -0.2) is 84.5 Å². The van der Waals surface area contributed by atoms with Crippen molar-refractivity contribution in [1.29, 1.82) is 0 Å². The maximum Gasteiger partial charge on any atom is 0.293 e. The SMILES string of the molecule is CCCN(CC(=O)NCCN1C(=O)S/C(=C\c2ccccc2Cl)C1=O)CC(=O)N(C)C. The zero-order valence-corrected chi connectivity index (χ0v) is 19.5. The second-order valence-electron chi connectivity index (χ2n) is 7.20. The Balaban J connectivity index is 1.87. The molecule has 0 aliphatic carbocycles. The molecule has 0 radical (unpaired) electrons. The van der Waals surface area contributed by atoms with Crippen LogP contribution in [0.3, 0.4) is 0 Å². The predicted octanol–water partition coefficient (Wildman–Crippen LogP) is 2.29. The molecule has 0 atom stereocenters. The highest BCUT2D eigenvalue weighted by Gasteiger charge is 2.34. The van der Waals surface area contributed by atoms with Gasteiger partial charge in [0.2, 0.25) is 11.8 Å². The fourth-order valence-corrected chi connectivity index (χ4v) is 3.90. The van der Waals surface area contributed by atoms with E-state index < -0.39 is 5.91 Å². The topological polar surface area (TPSA) is 90.0 Å². The summed E-state index contributed by atoms with van der Waals surface area (Å²) in [7, 11) is 3.34. The van der Waals surface area contributed by atoms with E-state index in [1.807, 2.05) is 6.92 Å². The van der Waals surface area contributed by atoms with Crippen molar-refractivity contribution in [2.75, 3.05) is 46.8 Å². The van der Waals surface area contributed by atoms with E-state index in [0.717, 1.165) is 23.1 Å². The van der Waals surface area contributed by atoms with Crippen LogP contribution in [0.5, 0.6) is 0 Å². The molecule has 1 fully saturated rings. The lowest BCUT2D eigenvalue weighted by molar-refractivity contribution is -0.131. The monoisotopic (exact) mass is 466 g/mol. The zero-order valence-electron chi connectivity index (χ0n) is 17.9. The van der Waals surface area contributed by atoms with Crippen LogP contribution >= 0.6 is 23.4 Å².